The number of fused-ring (bicyclic) bond motifs is 1. The Hall–Kier alpha value is -3.61. The Bertz CT molecular complexity index is 1090. The maximum absolute atomic E-state index is 12.5. The topological polar surface area (TPSA) is 102 Å². The summed E-state index contributed by atoms with van der Waals surface area (Å²) in [6, 6.07) is 11.6. The predicted molar refractivity (Wildman–Crippen MR) is 105 cm³/mol. The van der Waals surface area contributed by atoms with Crippen molar-refractivity contribution in [2.24, 2.45) is 5.92 Å². The number of nitrogens with one attached hydrogen (secondary N) is 1. The van der Waals surface area contributed by atoms with Gasteiger partial charge in [0, 0.05) is 23.6 Å². The van der Waals surface area contributed by atoms with Crippen LogP contribution in [0.25, 0.3) is 10.8 Å². The minimum Gasteiger partial charge on any atom is -0.497 e. The van der Waals surface area contributed by atoms with Crippen molar-refractivity contribution < 1.29 is 24.2 Å². The highest BCUT2D eigenvalue weighted by Crippen LogP contribution is 2.52. The Morgan fingerprint density at radius 1 is 1.17 bits per heavy atom. The number of aromatic amines is 1. The second-order valence-corrected chi connectivity index (χ2v) is 7.00. The second-order valence-electron chi connectivity index (χ2n) is 7.00. The molecule has 7 heteroatoms. The van der Waals surface area contributed by atoms with Crippen LogP contribution in [0.2, 0.25) is 0 Å². The van der Waals surface area contributed by atoms with Crippen molar-refractivity contribution in [1.82, 2.24) is 9.97 Å². The molecule has 1 saturated carbocycles. The highest BCUT2D eigenvalue weighted by Gasteiger charge is 2.52. The van der Waals surface area contributed by atoms with Gasteiger partial charge in [-0.25, -0.2) is 14.6 Å². The third kappa shape index (κ3) is 3.59. The number of benzene rings is 2. The number of ether oxygens (including phenoxy) is 2. The number of carbonyl (C=O) groups excluding carboxylic acids is 1. The number of esters is 1. The number of nitrogens with zero attached hydrogens (tertiary/aromatic N) is 1. The second kappa shape index (κ2) is 7.43. The lowest BCUT2D eigenvalue weighted by Crippen LogP contribution is -2.36. The minimum atomic E-state index is -1.21. The molecule has 29 heavy (non-hydrogen) atoms. The molecule has 1 unspecified atom stereocenters. The average Bonchev–Trinajstić information content (AvgIpc) is 3.43. The minimum absolute atomic E-state index is 0.0702. The highest BCUT2D eigenvalue weighted by molar-refractivity contribution is 5.91. The fourth-order valence-electron chi connectivity index (χ4n) is 3.67. The maximum Gasteiger partial charge on any atom is 0.332 e. The first-order valence-electron chi connectivity index (χ1n) is 9.24. The van der Waals surface area contributed by atoms with Crippen molar-refractivity contribution in [2.45, 2.75) is 18.4 Å². The van der Waals surface area contributed by atoms with Crippen molar-refractivity contribution >= 4 is 22.7 Å². The van der Waals surface area contributed by atoms with Gasteiger partial charge in [0.2, 0.25) is 0 Å². The number of carbonyl (C=O) groups is 2. The third-order valence-electron chi connectivity index (χ3n) is 5.15. The molecule has 1 heterocycles. The summed E-state index contributed by atoms with van der Waals surface area (Å²) in [6.07, 6.45) is 6.66. The van der Waals surface area contributed by atoms with Crippen LogP contribution in [0.3, 0.4) is 0 Å². The van der Waals surface area contributed by atoms with Crippen LogP contribution in [0.4, 0.5) is 0 Å². The summed E-state index contributed by atoms with van der Waals surface area (Å²) in [5.74, 6) is -1.10. The zero-order chi connectivity index (χ0) is 20.4. The molecule has 0 spiro atoms. The van der Waals surface area contributed by atoms with Gasteiger partial charge in [0.25, 0.3) is 0 Å². The van der Waals surface area contributed by atoms with Gasteiger partial charge in [-0.1, -0.05) is 18.2 Å². The van der Waals surface area contributed by atoms with E-state index in [1.807, 2.05) is 36.4 Å². The lowest BCUT2D eigenvalue weighted by Gasteiger charge is -2.33. The van der Waals surface area contributed by atoms with E-state index in [1.54, 1.807) is 19.6 Å². The van der Waals surface area contributed by atoms with Crippen LogP contribution in [0.1, 0.15) is 24.1 Å². The van der Waals surface area contributed by atoms with Gasteiger partial charge in [0.1, 0.15) is 5.75 Å². The zero-order valence-electron chi connectivity index (χ0n) is 15.8. The molecule has 0 aliphatic heterocycles. The van der Waals surface area contributed by atoms with Crippen LogP contribution in [-0.4, -0.2) is 34.1 Å². The van der Waals surface area contributed by atoms with E-state index in [1.165, 1.54) is 0 Å². The molecule has 2 N–H and O–H groups in total. The van der Waals surface area contributed by atoms with Crippen molar-refractivity contribution in [3.63, 3.8) is 0 Å². The number of methoxy groups -OCH3 is 1. The van der Waals surface area contributed by atoms with E-state index in [9.17, 15) is 9.59 Å². The van der Waals surface area contributed by atoms with Crippen LogP contribution in [0, 0.1) is 5.92 Å². The van der Waals surface area contributed by atoms with E-state index in [-0.39, 0.29) is 5.92 Å². The van der Waals surface area contributed by atoms with E-state index in [2.05, 4.69) is 9.97 Å². The van der Waals surface area contributed by atoms with E-state index in [0.29, 0.717) is 5.69 Å². The van der Waals surface area contributed by atoms with Gasteiger partial charge in [-0.2, -0.15) is 0 Å². The van der Waals surface area contributed by atoms with E-state index < -0.39 is 17.5 Å². The highest BCUT2D eigenvalue weighted by atomic mass is 16.6. The van der Waals surface area contributed by atoms with Gasteiger partial charge >= 0.3 is 11.9 Å². The first-order chi connectivity index (χ1) is 14.0. The summed E-state index contributed by atoms with van der Waals surface area (Å²) in [6.45, 7) is 0. The molecule has 0 amide bonds. The molecule has 3 aromatic rings. The summed E-state index contributed by atoms with van der Waals surface area (Å²) in [7, 11) is 1.62. The van der Waals surface area contributed by atoms with Gasteiger partial charge in [0.05, 0.1) is 25.3 Å². The Morgan fingerprint density at radius 2 is 1.93 bits per heavy atom. The van der Waals surface area contributed by atoms with Crippen molar-refractivity contribution in [3.8, 4) is 5.75 Å². The normalized spacial score (nSPS) is 15.9. The predicted octanol–water partition coefficient (Wildman–Crippen LogP) is 3.41. The Balaban J connectivity index is 1.83. The fourth-order valence-corrected chi connectivity index (χ4v) is 3.67. The van der Waals surface area contributed by atoms with Crippen molar-refractivity contribution in [3.05, 3.63) is 72.3 Å². The Kier molecular flexibility index (Phi) is 4.80. The number of aromatic nitrogens is 2. The monoisotopic (exact) mass is 392 g/mol. The van der Waals surface area contributed by atoms with Crippen molar-refractivity contribution in [2.75, 3.05) is 7.11 Å². The molecule has 1 aliphatic carbocycles. The summed E-state index contributed by atoms with van der Waals surface area (Å²) < 4.78 is 11.2. The van der Waals surface area contributed by atoms with Crippen LogP contribution in [0.15, 0.2) is 61.1 Å². The lowest BCUT2D eigenvalue weighted by atomic mass is 9.84. The van der Waals surface area contributed by atoms with Crippen LogP contribution in [0.5, 0.6) is 5.75 Å². The number of hydrogen-bond acceptors (Lipinski definition) is 5. The quantitative estimate of drug-likeness (QED) is 0.472. The summed E-state index contributed by atoms with van der Waals surface area (Å²) in [4.78, 5) is 30.5. The van der Waals surface area contributed by atoms with Crippen molar-refractivity contribution in [1.29, 1.82) is 0 Å². The molecule has 7 nitrogen and oxygen atoms in total. The molecule has 0 radical (unpaired) electrons. The third-order valence-corrected chi connectivity index (χ3v) is 5.15. The molecule has 2 aromatic carbocycles. The van der Waals surface area contributed by atoms with E-state index in [0.717, 1.165) is 47.1 Å². The Morgan fingerprint density at radius 3 is 2.59 bits per heavy atom. The van der Waals surface area contributed by atoms with Gasteiger partial charge in [-0.3, -0.25) is 0 Å². The largest absolute Gasteiger partial charge is 0.497 e. The summed E-state index contributed by atoms with van der Waals surface area (Å²) >= 11 is 0. The number of carboxylic acid groups (broad SMARTS) is 1. The number of rotatable bonds is 7. The molecule has 0 saturated heterocycles. The SMILES string of the molecule is COc1ccc2cc(C(OC(=O)C=CC(=O)O)(c3cnc[nH]3)C3CC3)ccc2c1. The zero-order valence-corrected chi connectivity index (χ0v) is 15.8. The van der Waals surface area contributed by atoms with E-state index in [4.69, 9.17) is 14.6 Å². The summed E-state index contributed by atoms with van der Waals surface area (Å²) in [5.41, 5.74) is 0.397. The summed E-state index contributed by atoms with van der Waals surface area (Å²) in [5, 5.41) is 10.8. The van der Waals surface area contributed by atoms with Gasteiger partial charge < -0.3 is 19.6 Å². The first-order valence-corrected chi connectivity index (χ1v) is 9.24. The molecular weight excluding hydrogens is 372 g/mol. The van der Waals surface area contributed by atoms with Crippen LogP contribution in [-0.2, 0) is 19.9 Å². The number of hydrogen-bond donors (Lipinski definition) is 2. The number of imidazole rings is 1. The number of H-pyrrole nitrogens is 1. The molecule has 148 valence electrons. The standard InChI is InChI=1S/C22H20N2O5/c1-28-18-7-3-14-10-17(4-2-15(14)11-18)22(16-5-6-16,19-12-23-13-24-19)29-21(27)9-8-20(25)26/h2-4,7-13,16H,5-6H2,1H3,(H,23,24)(H,25,26). The molecule has 1 aliphatic rings. The van der Waals surface area contributed by atoms with Gasteiger partial charge in [-0.15, -0.1) is 0 Å². The van der Waals surface area contributed by atoms with E-state index >= 15 is 0 Å². The molecular formula is C22H20N2O5. The molecule has 1 fully saturated rings. The molecule has 4 rings (SSSR count). The van der Waals surface area contributed by atoms with Gasteiger partial charge in [-0.05, 0) is 41.8 Å². The molecule has 0 bridgehead atoms. The smallest absolute Gasteiger partial charge is 0.332 e. The number of aliphatic carboxylic acids is 1. The first kappa shape index (κ1) is 18.7. The fraction of sp³-hybridized carbons (Fsp3) is 0.227. The maximum atomic E-state index is 12.5. The molecule has 1 aromatic heterocycles. The van der Waals surface area contributed by atoms with Crippen LogP contribution >= 0.6 is 0 Å². The lowest BCUT2D eigenvalue weighted by molar-refractivity contribution is -0.153. The van der Waals surface area contributed by atoms with Crippen LogP contribution < -0.4 is 4.74 Å². The van der Waals surface area contributed by atoms with Gasteiger partial charge in [0.15, 0.2) is 5.60 Å². The average molecular weight is 392 g/mol. The number of carboxylic acids is 1. The Labute approximate surface area is 167 Å². The molecule has 1 atom stereocenters.